The minimum atomic E-state index is -0.162. The van der Waals surface area contributed by atoms with Gasteiger partial charge in [-0.2, -0.15) is 0 Å². The van der Waals surface area contributed by atoms with E-state index in [1.807, 2.05) is 18.2 Å². The highest BCUT2D eigenvalue weighted by molar-refractivity contribution is 5.89. The van der Waals surface area contributed by atoms with Crippen molar-refractivity contribution < 1.29 is 9.53 Å². The zero-order valence-corrected chi connectivity index (χ0v) is 8.25. The minimum absolute atomic E-state index is 0.162. The molecule has 0 N–H and O–H groups in total. The van der Waals surface area contributed by atoms with Gasteiger partial charge in [0.05, 0.1) is 6.61 Å². The Bertz CT molecular complexity index is 238. The van der Waals surface area contributed by atoms with Gasteiger partial charge in [0.1, 0.15) is 0 Å². The van der Waals surface area contributed by atoms with Crippen molar-refractivity contribution in [2.24, 2.45) is 5.92 Å². The van der Waals surface area contributed by atoms with Crippen LogP contribution in [0.15, 0.2) is 23.8 Å². The van der Waals surface area contributed by atoms with E-state index in [0.29, 0.717) is 12.5 Å². The number of carbonyl (C=O) groups is 1. The van der Waals surface area contributed by atoms with E-state index in [0.717, 1.165) is 18.4 Å². The second-order valence-electron chi connectivity index (χ2n) is 3.44. The Hall–Kier alpha value is -1.05. The van der Waals surface area contributed by atoms with E-state index >= 15 is 0 Å². The number of esters is 1. The molecule has 0 fully saturated rings. The molecule has 0 heterocycles. The van der Waals surface area contributed by atoms with E-state index < -0.39 is 0 Å². The van der Waals surface area contributed by atoms with Gasteiger partial charge < -0.3 is 4.74 Å². The van der Waals surface area contributed by atoms with Gasteiger partial charge in [0.15, 0.2) is 0 Å². The fraction of sp³-hybridized carbons (Fsp3) is 0.545. The molecule has 0 aromatic rings. The first-order chi connectivity index (χ1) is 6.24. The molecule has 0 saturated carbocycles. The van der Waals surface area contributed by atoms with Crippen molar-refractivity contribution in [2.45, 2.75) is 26.7 Å². The third kappa shape index (κ3) is 3.05. The summed E-state index contributed by atoms with van der Waals surface area (Å²) in [5, 5.41) is 0. The topological polar surface area (TPSA) is 26.3 Å². The number of hydrogen-bond acceptors (Lipinski definition) is 2. The third-order valence-corrected chi connectivity index (χ3v) is 2.23. The maximum Gasteiger partial charge on any atom is 0.334 e. The molecule has 2 heteroatoms. The Morgan fingerprint density at radius 2 is 2.46 bits per heavy atom. The molecular formula is C11H16O2. The van der Waals surface area contributed by atoms with Crippen LogP contribution in [-0.4, -0.2) is 12.6 Å². The summed E-state index contributed by atoms with van der Waals surface area (Å²) in [6.45, 7) is 4.70. The molecule has 0 aliphatic heterocycles. The summed E-state index contributed by atoms with van der Waals surface area (Å²) in [6, 6.07) is 0. The maximum absolute atomic E-state index is 11.3. The average molecular weight is 180 g/mol. The van der Waals surface area contributed by atoms with Crippen LogP contribution in [0.3, 0.4) is 0 Å². The Morgan fingerprint density at radius 3 is 3.00 bits per heavy atom. The SMILES string of the molecule is CCC(C)COC(=O)C1=CC=CC1. The number of ether oxygens (including phenoxy) is 1. The van der Waals surface area contributed by atoms with Crippen LogP contribution in [0.4, 0.5) is 0 Å². The summed E-state index contributed by atoms with van der Waals surface area (Å²) in [5.41, 5.74) is 0.767. The molecule has 1 unspecified atom stereocenters. The van der Waals surface area contributed by atoms with Gasteiger partial charge in [0.2, 0.25) is 0 Å². The fourth-order valence-electron chi connectivity index (χ4n) is 1.03. The summed E-state index contributed by atoms with van der Waals surface area (Å²) in [7, 11) is 0. The van der Waals surface area contributed by atoms with Gasteiger partial charge in [0, 0.05) is 5.57 Å². The van der Waals surface area contributed by atoms with E-state index in [-0.39, 0.29) is 5.97 Å². The minimum Gasteiger partial charge on any atom is -0.462 e. The van der Waals surface area contributed by atoms with E-state index in [1.165, 1.54) is 0 Å². The molecule has 0 bridgehead atoms. The summed E-state index contributed by atoms with van der Waals surface area (Å²) >= 11 is 0. The first kappa shape index (κ1) is 10.0. The summed E-state index contributed by atoms with van der Waals surface area (Å²) in [5.74, 6) is 0.296. The predicted molar refractivity (Wildman–Crippen MR) is 52.3 cm³/mol. The molecule has 1 aliphatic rings. The molecule has 13 heavy (non-hydrogen) atoms. The lowest BCUT2D eigenvalue weighted by molar-refractivity contribution is -0.140. The van der Waals surface area contributed by atoms with Gasteiger partial charge in [-0.25, -0.2) is 4.79 Å². The maximum atomic E-state index is 11.3. The van der Waals surface area contributed by atoms with Crippen LogP contribution in [-0.2, 0) is 9.53 Å². The summed E-state index contributed by atoms with van der Waals surface area (Å²) < 4.78 is 5.13. The van der Waals surface area contributed by atoms with Gasteiger partial charge in [-0.05, 0) is 12.3 Å². The van der Waals surface area contributed by atoms with Crippen LogP contribution in [0.25, 0.3) is 0 Å². The first-order valence-electron chi connectivity index (χ1n) is 4.77. The zero-order valence-electron chi connectivity index (χ0n) is 8.25. The van der Waals surface area contributed by atoms with Crippen LogP contribution in [0.2, 0.25) is 0 Å². The van der Waals surface area contributed by atoms with Crippen LogP contribution in [0, 0.1) is 5.92 Å². The molecule has 0 radical (unpaired) electrons. The summed E-state index contributed by atoms with van der Waals surface area (Å²) in [6.07, 6.45) is 7.43. The lowest BCUT2D eigenvalue weighted by Gasteiger charge is -2.09. The van der Waals surface area contributed by atoms with Crippen molar-refractivity contribution in [1.82, 2.24) is 0 Å². The van der Waals surface area contributed by atoms with Gasteiger partial charge in [-0.15, -0.1) is 0 Å². The molecule has 2 nitrogen and oxygen atoms in total. The lowest BCUT2D eigenvalue weighted by atomic mass is 10.1. The van der Waals surface area contributed by atoms with Crippen molar-refractivity contribution in [1.29, 1.82) is 0 Å². The first-order valence-corrected chi connectivity index (χ1v) is 4.77. The molecular weight excluding hydrogens is 164 g/mol. The van der Waals surface area contributed by atoms with E-state index in [2.05, 4.69) is 13.8 Å². The van der Waals surface area contributed by atoms with E-state index in [4.69, 9.17) is 4.74 Å². The van der Waals surface area contributed by atoms with E-state index in [9.17, 15) is 4.79 Å². The molecule has 0 aromatic heterocycles. The third-order valence-electron chi connectivity index (χ3n) is 2.23. The lowest BCUT2D eigenvalue weighted by Crippen LogP contribution is -2.12. The van der Waals surface area contributed by atoms with Crippen molar-refractivity contribution in [3.8, 4) is 0 Å². The Balaban J connectivity index is 2.26. The van der Waals surface area contributed by atoms with Crippen molar-refractivity contribution in [3.05, 3.63) is 23.8 Å². The monoisotopic (exact) mass is 180 g/mol. The number of rotatable bonds is 4. The highest BCUT2D eigenvalue weighted by atomic mass is 16.5. The second-order valence-corrected chi connectivity index (χ2v) is 3.44. The van der Waals surface area contributed by atoms with Crippen molar-refractivity contribution in [2.75, 3.05) is 6.61 Å². The van der Waals surface area contributed by atoms with Crippen LogP contribution >= 0.6 is 0 Å². The van der Waals surface area contributed by atoms with Crippen LogP contribution in [0.1, 0.15) is 26.7 Å². The van der Waals surface area contributed by atoms with E-state index in [1.54, 1.807) is 0 Å². The Labute approximate surface area is 79.3 Å². The largest absolute Gasteiger partial charge is 0.462 e. The molecule has 0 aromatic carbocycles. The van der Waals surface area contributed by atoms with Crippen LogP contribution < -0.4 is 0 Å². The molecule has 1 rings (SSSR count). The van der Waals surface area contributed by atoms with Gasteiger partial charge in [-0.3, -0.25) is 0 Å². The Kier molecular flexibility index (Phi) is 3.74. The number of hydrogen-bond donors (Lipinski definition) is 0. The predicted octanol–water partition coefficient (Wildman–Crippen LogP) is 2.46. The van der Waals surface area contributed by atoms with Gasteiger partial charge in [0.25, 0.3) is 0 Å². The fourth-order valence-corrected chi connectivity index (χ4v) is 1.03. The number of allylic oxidation sites excluding steroid dienone is 3. The quantitative estimate of drug-likeness (QED) is 0.621. The summed E-state index contributed by atoms with van der Waals surface area (Å²) in [4.78, 5) is 11.3. The normalized spacial score (nSPS) is 16.9. The molecule has 1 aliphatic carbocycles. The van der Waals surface area contributed by atoms with Crippen molar-refractivity contribution >= 4 is 5.97 Å². The number of carbonyl (C=O) groups excluding carboxylic acids is 1. The smallest absolute Gasteiger partial charge is 0.334 e. The molecule has 72 valence electrons. The van der Waals surface area contributed by atoms with Crippen LogP contribution in [0.5, 0.6) is 0 Å². The molecule has 1 atom stereocenters. The highest BCUT2D eigenvalue weighted by Crippen LogP contribution is 2.12. The standard InChI is InChI=1S/C11H16O2/c1-3-9(2)8-13-11(12)10-6-4-5-7-10/h4-6,9H,3,7-8H2,1-2H3. The zero-order chi connectivity index (χ0) is 9.68. The molecule has 0 amide bonds. The second kappa shape index (κ2) is 4.85. The highest BCUT2D eigenvalue weighted by Gasteiger charge is 2.12. The van der Waals surface area contributed by atoms with Gasteiger partial charge in [-0.1, -0.05) is 38.5 Å². The molecule has 0 spiro atoms. The molecule has 0 saturated heterocycles. The van der Waals surface area contributed by atoms with Gasteiger partial charge >= 0.3 is 5.97 Å². The Morgan fingerprint density at radius 1 is 1.69 bits per heavy atom. The average Bonchev–Trinajstić information content (AvgIpc) is 2.66. The van der Waals surface area contributed by atoms with Crippen molar-refractivity contribution in [3.63, 3.8) is 0 Å².